The summed E-state index contributed by atoms with van der Waals surface area (Å²) in [5.74, 6) is -1.25. The number of rotatable bonds is 5. The van der Waals surface area contributed by atoms with Crippen molar-refractivity contribution in [3.8, 4) is 0 Å². The van der Waals surface area contributed by atoms with Crippen molar-refractivity contribution in [3.05, 3.63) is 71.8 Å². The van der Waals surface area contributed by atoms with Crippen LogP contribution in [-0.2, 0) is 9.59 Å². The second kappa shape index (κ2) is 6.70. The van der Waals surface area contributed by atoms with Gasteiger partial charge in [0, 0.05) is 0 Å². The van der Waals surface area contributed by atoms with E-state index in [0.29, 0.717) is 0 Å². The Hall–Kier alpha value is -2.62. The smallest absolute Gasteiger partial charge is 0.239 e. The zero-order valence-corrected chi connectivity index (χ0v) is 11.8. The van der Waals surface area contributed by atoms with Gasteiger partial charge in [0.2, 0.25) is 11.8 Å². The van der Waals surface area contributed by atoms with Crippen LogP contribution < -0.4 is 11.1 Å². The first-order valence-electron chi connectivity index (χ1n) is 6.79. The molecule has 2 aromatic carbocycles. The van der Waals surface area contributed by atoms with E-state index < -0.39 is 17.9 Å². The molecule has 2 aromatic rings. The third kappa shape index (κ3) is 3.69. The van der Waals surface area contributed by atoms with Crippen LogP contribution in [0.5, 0.6) is 0 Å². The van der Waals surface area contributed by atoms with E-state index in [1.54, 1.807) is 6.92 Å². The lowest BCUT2D eigenvalue weighted by atomic mass is 9.90. The topological polar surface area (TPSA) is 72.2 Å². The molecule has 0 spiro atoms. The molecule has 3 N–H and O–H groups in total. The first-order chi connectivity index (χ1) is 10.1. The SMILES string of the molecule is C[C@@H](NC(=O)C(c1ccccc1)c1ccccc1)C(N)=O. The van der Waals surface area contributed by atoms with Crippen LogP contribution in [0.3, 0.4) is 0 Å². The summed E-state index contributed by atoms with van der Waals surface area (Å²) in [6.45, 7) is 1.58. The van der Waals surface area contributed by atoms with Crippen LogP contribution in [0.2, 0.25) is 0 Å². The molecule has 0 aliphatic rings. The van der Waals surface area contributed by atoms with Gasteiger partial charge in [-0.2, -0.15) is 0 Å². The Morgan fingerprint density at radius 3 is 1.71 bits per heavy atom. The Bertz CT molecular complexity index is 572. The van der Waals surface area contributed by atoms with Crippen molar-refractivity contribution in [1.82, 2.24) is 5.32 Å². The van der Waals surface area contributed by atoms with Crippen LogP contribution in [-0.4, -0.2) is 17.9 Å². The van der Waals surface area contributed by atoms with Crippen LogP contribution in [0.15, 0.2) is 60.7 Å². The normalized spacial score (nSPS) is 11.9. The van der Waals surface area contributed by atoms with Crippen LogP contribution in [0.1, 0.15) is 24.0 Å². The van der Waals surface area contributed by atoms with Crippen molar-refractivity contribution in [2.24, 2.45) is 5.73 Å². The molecule has 2 amide bonds. The van der Waals surface area contributed by atoms with E-state index in [1.807, 2.05) is 60.7 Å². The van der Waals surface area contributed by atoms with Crippen molar-refractivity contribution < 1.29 is 9.59 Å². The first kappa shape index (κ1) is 14.8. The number of primary amides is 1. The molecular formula is C17H18N2O2. The molecule has 0 saturated heterocycles. The van der Waals surface area contributed by atoms with Gasteiger partial charge in [-0.1, -0.05) is 60.7 Å². The zero-order chi connectivity index (χ0) is 15.2. The van der Waals surface area contributed by atoms with Gasteiger partial charge in [-0.05, 0) is 18.1 Å². The second-order valence-electron chi connectivity index (χ2n) is 4.89. The lowest BCUT2D eigenvalue weighted by Crippen LogP contribution is -2.44. The predicted molar refractivity (Wildman–Crippen MR) is 81.5 cm³/mol. The van der Waals surface area contributed by atoms with E-state index in [2.05, 4.69) is 5.32 Å². The van der Waals surface area contributed by atoms with Crippen molar-refractivity contribution in [3.63, 3.8) is 0 Å². The quantitative estimate of drug-likeness (QED) is 0.878. The number of hydrogen-bond acceptors (Lipinski definition) is 2. The molecule has 4 heteroatoms. The van der Waals surface area contributed by atoms with Crippen molar-refractivity contribution in [1.29, 1.82) is 0 Å². The Labute approximate surface area is 124 Å². The van der Waals surface area contributed by atoms with Gasteiger partial charge >= 0.3 is 0 Å². The summed E-state index contributed by atoms with van der Waals surface area (Å²) < 4.78 is 0. The minimum atomic E-state index is -0.701. The number of amides is 2. The van der Waals surface area contributed by atoms with Gasteiger partial charge in [-0.3, -0.25) is 9.59 Å². The Morgan fingerprint density at radius 1 is 0.905 bits per heavy atom. The lowest BCUT2D eigenvalue weighted by Gasteiger charge is -2.19. The molecule has 21 heavy (non-hydrogen) atoms. The summed E-state index contributed by atoms with van der Waals surface area (Å²) in [6, 6.07) is 18.2. The van der Waals surface area contributed by atoms with E-state index in [0.717, 1.165) is 11.1 Å². The van der Waals surface area contributed by atoms with Gasteiger partial charge < -0.3 is 11.1 Å². The number of benzene rings is 2. The lowest BCUT2D eigenvalue weighted by molar-refractivity contribution is -0.127. The van der Waals surface area contributed by atoms with Crippen LogP contribution in [0, 0.1) is 0 Å². The number of carbonyl (C=O) groups excluding carboxylic acids is 2. The summed E-state index contributed by atoms with van der Waals surface area (Å²) in [7, 11) is 0. The third-order valence-electron chi connectivity index (χ3n) is 3.31. The van der Waals surface area contributed by atoms with E-state index in [9.17, 15) is 9.59 Å². The molecule has 0 heterocycles. The molecular weight excluding hydrogens is 264 g/mol. The molecule has 0 aliphatic heterocycles. The predicted octanol–water partition coefficient (Wildman–Crippen LogP) is 1.81. The average molecular weight is 282 g/mol. The van der Waals surface area contributed by atoms with Gasteiger partial charge in [0.05, 0.1) is 5.92 Å². The van der Waals surface area contributed by atoms with Gasteiger partial charge in [-0.15, -0.1) is 0 Å². The summed E-state index contributed by atoms with van der Waals surface area (Å²) in [4.78, 5) is 23.7. The molecule has 0 fully saturated rings. The Morgan fingerprint density at radius 2 is 1.33 bits per heavy atom. The van der Waals surface area contributed by atoms with Gasteiger partial charge in [0.25, 0.3) is 0 Å². The fourth-order valence-corrected chi connectivity index (χ4v) is 2.15. The minimum Gasteiger partial charge on any atom is -0.368 e. The van der Waals surface area contributed by atoms with Crippen molar-refractivity contribution in [2.75, 3.05) is 0 Å². The molecule has 0 radical (unpaired) electrons. The van der Waals surface area contributed by atoms with Gasteiger partial charge in [0.1, 0.15) is 6.04 Å². The monoisotopic (exact) mass is 282 g/mol. The molecule has 108 valence electrons. The number of nitrogens with two attached hydrogens (primary N) is 1. The largest absolute Gasteiger partial charge is 0.368 e. The first-order valence-corrected chi connectivity index (χ1v) is 6.79. The van der Waals surface area contributed by atoms with E-state index >= 15 is 0 Å². The highest BCUT2D eigenvalue weighted by Crippen LogP contribution is 2.24. The zero-order valence-electron chi connectivity index (χ0n) is 11.8. The summed E-state index contributed by atoms with van der Waals surface area (Å²) >= 11 is 0. The maximum Gasteiger partial charge on any atom is 0.239 e. The van der Waals surface area contributed by atoms with Crippen LogP contribution >= 0.6 is 0 Å². The van der Waals surface area contributed by atoms with Gasteiger partial charge in [0.15, 0.2) is 0 Å². The summed E-state index contributed by atoms with van der Waals surface area (Å²) in [5.41, 5.74) is 6.95. The van der Waals surface area contributed by atoms with E-state index in [4.69, 9.17) is 5.73 Å². The molecule has 0 bridgehead atoms. The highest BCUT2D eigenvalue weighted by molar-refractivity contribution is 5.91. The number of nitrogens with one attached hydrogen (secondary N) is 1. The Balaban J connectivity index is 2.33. The van der Waals surface area contributed by atoms with Crippen LogP contribution in [0.4, 0.5) is 0 Å². The molecule has 0 aliphatic carbocycles. The second-order valence-corrected chi connectivity index (χ2v) is 4.89. The molecule has 0 saturated carbocycles. The van der Waals surface area contributed by atoms with E-state index in [1.165, 1.54) is 0 Å². The van der Waals surface area contributed by atoms with Crippen molar-refractivity contribution >= 4 is 11.8 Å². The minimum absolute atomic E-state index is 0.237. The highest BCUT2D eigenvalue weighted by Gasteiger charge is 2.24. The molecule has 4 nitrogen and oxygen atoms in total. The highest BCUT2D eigenvalue weighted by atomic mass is 16.2. The van der Waals surface area contributed by atoms with Gasteiger partial charge in [-0.25, -0.2) is 0 Å². The summed E-state index contributed by atoms with van der Waals surface area (Å²) in [6.07, 6.45) is 0. The maximum absolute atomic E-state index is 12.5. The number of hydrogen-bond donors (Lipinski definition) is 2. The van der Waals surface area contributed by atoms with Crippen molar-refractivity contribution in [2.45, 2.75) is 18.9 Å². The molecule has 0 aromatic heterocycles. The number of carbonyl (C=O) groups is 2. The molecule has 1 atom stereocenters. The molecule has 0 unspecified atom stereocenters. The molecule has 2 rings (SSSR count). The average Bonchev–Trinajstić information content (AvgIpc) is 2.49. The fraction of sp³-hybridized carbons (Fsp3) is 0.176. The third-order valence-corrected chi connectivity index (χ3v) is 3.31. The maximum atomic E-state index is 12.5. The summed E-state index contributed by atoms with van der Waals surface area (Å²) in [5, 5.41) is 2.66. The Kier molecular flexibility index (Phi) is 4.72. The standard InChI is InChI=1S/C17H18N2O2/c1-12(16(18)20)19-17(21)15(13-8-4-2-5-9-13)14-10-6-3-7-11-14/h2-12,15H,1H3,(H2,18,20)(H,19,21)/t12-/m1/s1. The van der Waals surface area contributed by atoms with E-state index in [-0.39, 0.29) is 5.91 Å². The van der Waals surface area contributed by atoms with Crippen LogP contribution in [0.25, 0.3) is 0 Å². The fourth-order valence-electron chi connectivity index (χ4n) is 2.15.